The first kappa shape index (κ1) is 13.0. The van der Waals surface area contributed by atoms with Gasteiger partial charge in [-0.1, -0.05) is 18.5 Å². The van der Waals surface area contributed by atoms with Gasteiger partial charge >= 0.3 is 0 Å². The Labute approximate surface area is 99.9 Å². The van der Waals surface area contributed by atoms with E-state index >= 15 is 0 Å². The van der Waals surface area contributed by atoms with Crippen LogP contribution < -0.4 is 11.1 Å². The summed E-state index contributed by atoms with van der Waals surface area (Å²) in [5, 5.41) is 8.06. The maximum absolute atomic E-state index is 10.5. The van der Waals surface area contributed by atoms with Gasteiger partial charge in [-0.2, -0.15) is 5.10 Å². The molecular weight excluding hydrogens is 228 g/mol. The second kappa shape index (κ2) is 5.86. The molecule has 1 rings (SSSR count). The Morgan fingerprint density at radius 1 is 1.62 bits per heavy atom. The molecule has 0 fully saturated rings. The van der Waals surface area contributed by atoms with Crippen molar-refractivity contribution < 1.29 is 4.79 Å². The van der Waals surface area contributed by atoms with Crippen LogP contribution in [0.1, 0.15) is 24.6 Å². The molecule has 0 radical (unpaired) electrons. The number of rotatable bonds is 6. The highest BCUT2D eigenvalue weighted by Gasteiger charge is 2.12. The van der Waals surface area contributed by atoms with Crippen LogP contribution in [0, 0.1) is 0 Å². The standard InChI is InChI=1S/C10H17ClN4O/c1-3-8-7(10(11)15(2)14-8)6-13-5-4-9(12)16/h13H,3-6H2,1-2H3,(H2,12,16). The molecule has 0 saturated heterocycles. The summed E-state index contributed by atoms with van der Waals surface area (Å²) in [6.07, 6.45) is 1.17. The zero-order valence-electron chi connectivity index (χ0n) is 9.59. The molecule has 1 aromatic rings. The second-order valence-corrected chi connectivity index (χ2v) is 3.94. The average molecular weight is 245 g/mol. The summed E-state index contributed by atoms with van der Waals surface area (Å²) in [5.74, 6) is -0.305. The highest BCUT2D eigenvalue weighted by atomic mass is 35.5. The molecule has 0 unspecified atom stereocenters. The number of halogens is 1. The monoisotopic (exact) mass is 244 g/mol. The van der Waals surface area contributed by atoms with Crippen molar-refractivity contribution in [2.24, 2.45) is 12.8 Å². The predicted molar refractivity (Wildman–Crippen MR) is 63.1 cm³/mol. The molecule has 0 aliphatic heterocycles. The Kier molecular flexibility index (Phi) is 4.76. The summed E-state index contributed by atoms with van der Waals surface area (Å²) in [7, 11) is 1.81. The van der Waals surface area contributed by atoms with E-state index in [1.165, 1.54) is 0 Å². The van der Waals surface area contributed by atoms with Crippen LogP contribution in [0.5, 0.6) is 0 Å². The van der Waals surface area contributed by atoms with Gasteiger partial charge in [0.2, 0.25) is 5.91 Å². The van der Waals surface area contributed by atoms with Gasteiger partial charge < -0.3 is 11.1 Å². The maximum Gasteiger partial charge on any atom is 0.218 e. The number of hydrogen-bond donors (Lipinski definition) is 2. The Morgan fingerprint density at radius 2 is 2.31 bits per heavy atom. The van der Waals surface area contributed by atoms with Gasteiger partial charge in [-0.25, -0.2) is 0 Å². The van der Waals surface area contributed by atoms with Crippen molar-refractivity contribution in [2.75, 3.05) is 6.54 Å². The zero-order valence-corrected chi connectivity index (χ0v) is 10.3. The topological polar surface area (TPSA) is 72.9 Å². The average Bonchev–Trinajstić information content (AvgIpc) is 2.50. The lowest BCUT2D eigenvalue weighted by Gasteiger charge is -2.03. The van der Waals surface area contributed by atoms with Gasteiger partial charge in [-0.15, -0.1) is 0 Å². The van der Waals surface area contributed by atoms with Crippen LogP contribution >= 0.6 is 11.6 Å². The Balaban J connectivity index is 2.55. The molecular formula is C10H17ClN4O. The van der Waals surface area contributed by atoms with Gasteiger partial charge in [0.1, 0.15) is 5.15 Å². The molecule has 0 spiro atoms. The van der Waals surface area contributed by atoms with E-state index in [1.54, 1.807) is 4.68 Å². The molecule has 16 heavy (non-hydrogen) atoms. The molecule has 1 aromatic heterocycles. The minimum atomic E-state index is -0.305. The molecule has 0 aliphatic rings. The van der Waals surface area contributed by atoms with Crippen LogP contribution in [0.15, 0.2) is 0 Å². The number of nitrogens with zero attached hydrogens (tertiary/aromatic N) is 2. The summed E-state index contributed by atoms with van der Waals surface area (Å²) >= 11 is 6.10. The van der Waals surface area contributed by atoms with E-state index in [0.29, 0.717) is 24.7 Å². The van der Waals surface area contributed by atoms with Gasteiger partial charge in [-0.05, 0) is 6.42 Å². The van der Waals surface area contributed by atoms with Crippen LogP contribution in [-0.4, -0.2) is 22.2 Å². The van der Waals surface area contributed by atoms with Crippen molar-refractivity contribution >= 4 is 17.5 Å². The highest BCUT2D eigenvalue weighted by molar-refractivity contribution is 6.30. The van der Waals surface area contributed by atoms with Crippen LogP contribution in [0.2, 0.25) is 5.15 Å². The van der Waals surface area contributed by atoms with Gasteiger partial charge in [0.05, 0.1) is 5.69 Å². The van der Waals surface area contributed by atoms with Crippen LogP contribution in [-0.2, 0) is 24.8 Å². The molecule has 5 nitrogen and oxygen atoms in total. The molecule has 0 aliphatic carbocycles. The largest absolute Gasteiger partial charge is 0.370 e. The third kappa shape index (κ3) is 3.21. The molecule has 6 heteroatoms. The van der Waals surface area contributed by atoms with Crippen LogP contribution in [0.25, 0.3) is 0 Å². The molecule has 0 bridgehead atoms. The van der Waals surface area contributed by atoms with Gasteiger partial charge in [0.15, 0.2) is 0 Å². The number of primary amides is 1. The predicted octanol–water partition coefficient (Wildman–Crippen LogP) is 0.601. The summed E-state index contributed by atoms with van der Waals surface area (Å²) in [6, 6.07) is 0. The first-order valence-corrected chi connectivity index (χ1v) is 5.63. The normalized spacial score (nSPS) is 10.7. The molecule has 90 valence electrons. The van der Waals surface area contributed by atoms with Gasteiger partial charge in [0.25, 0.3) is 0 Å². The Hall–Kier alpha value is -1.07. The zero-order chi connectivity index (χ0) is 12.1. The SMILES string of the molecule is CCc1nn(C)c(Cl)c1CNCCC(N)=O. The number of amides is 1. The fourth-order valence-electron chi connectivity index (χ4n) is 1.48. The molecule has 0 atom stereocenters. The molecule has 0 aromatic carbocycles. The van der Waals surface area contributed by atoms with E-state index in [0.717, 1.165) is 17.7 Å². The van der Waals surface area contributed by atoms with E-state index in [9.17, 15) is 4.79 Å². The third-order valence-electron chi connectivity index (χ3n) is 2.34. The van der Waals surface area contributed by atoms with Gasteiger partial charge in [-0.3, -0.25) is 9.48 Å². The van der Waals surface area contributed by atoms with Crippen LogP contribution in [0.4, 0.5) is 0 Å². The lowest BCUT2D eigenvalue weighted by molar-refractivity contribution is -0.117. The minimum absolute atomic E-state index is 0.305. The number of carbonyl (C=O) groups excluding carboxylic acids is 1. The van der Waals surface area contributed by atoms with E-state index < -0.39 is 0 Å². The number of aryl methyl sites for hydroxylation is 2. The lowest BCUT2D eigenvalue weighted by Crippen LogP contribution is -2.22. The van der Waals surface area contributed by atoms with Crippen molar-refractivity contribution in [3.63, 3.8) is 0 Å². The molecule has 0 saturated carbocycles. The summed E-state index contributed by atoms with van der Waals surface area (Å²) < 4.78 is 1.66. The first-order valence-electron chi connectivity index (χ1n) is 5.25. The smallest absolute Gasteiger partial charge is 0.218 e. The summed E-state index contributed by atoms with van der Waals surface area (Å²) in [4.78, 5) is 10.5. The number of nitrogens with one attached hydrogen (secondary N) is 1. The van der Waals surface area contributed by atoms with Crippen molar-refractivity contribution in [1.29, 1.82) is 0 Å². The number of nitrogens with two attached hydrogens (primary N) is 1. The lowest BCUT2D eigenvalue weighted by atomic mass is 10.2. The fraction of sp³-hybridized carbons (Fsp3) is 0.600. The van der Waals surface area contributed by atoms with E-state index in [2.05, 4.69) is 10.4 Å². The van der Waals surface area contributed by atoms with Gasteiger partial charge in [0, 0.05) is 32.1 Å². The van der Waals surface area contributed by atoms with Crippen molar-refractivity contribution in [3.8, 4) is 0 Å². The third-order valence-corrected chi connectivity index (χ3v) is 2.81. The maximum atomic E-state index is 10.5. The van der Waals surface area contributed by atoms with Crippen molar-refractivity contribution in [1.82, 2.24) is 15.1 Å². The molecule has 3 N–H and O–H groups in total. The highest BCUT2D eigenvalue weighted by Crippen LogP contribution is 2.19. The molecule has 1 heterocycles. The minimum Gasteiger partial charge on any atom is -0.370 e. The number of aromatic nitrogens is 2. The second-order valence-electron chi connectivity index (χ2n) is 3.59. The van der Waals surface area contributed by atoms with Crippen molar-refractivity contribution in [3.05, 3.63) is 16.4 Å². The number of carbonyl (C=O) groups is 1. The summed E-state index contributed by atoms with van der Waals surface area (Å²) in [5.41, 5.74) is 7.02. The first-order chi connectivity index (χ1) is 7.56. The molecule has 1 amide bonds. The number of hydrogen-bond acceptors (Lipinski definition) is 3. The van der Waals surface area contributed by atoms with E-state index in [-0.39, 0.29) is 5.91 Å². The Morgan fingerprint density at radius 3 is 2.88 bits per heavy atom. The Bertz CT molecular complexity index is 375. The van der Waals surface area contributed by atoms with Crippen LogP contribution in [0.3, 0.4) is 0 Å². The van der Waals surface area contributed by atoms with E-state index in [1.807, 2.05) is 14.0 Å². The fourth-order valence-corrected chi connectivity index (χ4v) is 1.70. The summed E-state index contributed by atoms with van der Waals surface area (Å²) in [6.45, 7) is 3.21. The van der Waals surface area contributed by atoms with E-state index in [4.69, 9.17) is 17.3 Å². The van der Waals surface area contributed by atoms with Crippen molar-refractivity contribution in [2.45, 2.75) is 26.3 Å². The quantitative estimate of drug-likeness (QED) is 0.720.